The second-order valence-electron chi connectivity index (χ2n) is 8.20. The van der Waals surface area contributed by atoms with Gasteiger partial charge < -0.3 is 9.47 Å². The predicted molar refractivity (Wildman–Crippen MR) is 110 cm³/mol. The van der Waals surface area contributed by atoms with Crippen molar-refractivity contribution in [1.82, 2.24) is 0 Å². The van der Waals surface area contributed by atoms with Crippen LogP contribution in [-0.4, -0.2) is 56.0 Å². The summed E-state index contributed by atoms with van der Waals surface area (Å²) >= 11 is 0. The van der Waals surface area contributed by atoms with Crippen LogP contribution in [0.2, 0.25) is 0 Å². The van der Waals surface area contributed by atoms with Gasteiger partial charge in [0.1, 0.15) is 0 Å². The Balaban J connectivity index is 0.000000751. The van der Waals surface area contributed by atoms with Crippen molar-refractivity contribution in [1.29, 1.82) is 0 Å². The average molecular weight is 448 g/mol. The summed E-state index contributed by atoms with van der Waals surface area (Å²) in [5.74, 6) is 1.12. The lowest BCUT2D eigenvalue weighted by atomic mass is 9.61. The Morgan fingerprint density at radius 1 is 0.719 bits per heavy atom. The van der Waals surface area contributed by atoms with Crippen molar-refractivity contribution in [2.75, 3.05) is 14.2 Å². The van der Waals surface area contributed by atoms with E-state index in [-0.39, 0.29) is 11.8 Å². The molecule has 11 nitrogen and oxygen atoms in total. The van der Waals surface area contributed by atoms with Gasteiger partial charge in [-0.15, -0.1) is 0 Å². The smallest absolute Gasteiger partial charge is 0.438 e. The van der Waals surface area contributed by atoms with Crippen molar-refractivity contribution in [3.05, 3.63) is 0 Å². The zero-order valence-electron chi connectivity index (χ0n) is 18.7. The number of ether oxygens (including phenoxy) is 2. The molecule has 0 N–H and O–H groups in total. The largest absolute Gasteiger partial charge is 0.507 e. The number of methoxy groups -OCH3 is 2. The molecular weight excluding hydrogens is 420 g/mol. The van der Waals surface area contributed by atoms with E-state index in [9.17, 15) is 24.0 Å². The molecule has 0 aliphatic heterocycles. The molecule has 2 saturated carbocycles. The third-order valence-corrected chi connectivity index (χ3v) is 6.41. The molecule has 0 spiro atoms. The lowest BCUT2D eigenvalue weighted by Crippen LogP contribution is -2.43. The molecule has 0 aromatic rings. The van der Waals surface area contributed by atoms with Crippen molar-refractivity contribution in [2.24, 2.45) is 43.6 Å². The summed E-state index contributed by atoms with van der Waals surface area (Å²) in [6, 6.07) is 0. The SMILES string of the molecule is CC1CC(N=C=O)(N=C=O)CCC1C1CCC(N=C=O)(N=C=O)CC1C.COC(=O)OC. The quantitative estimate of drug-likeness (QED) is 0.356. The zero-order chi connectivity index (χ0) is 24.2. The van der Waals surface area contributed by atoms with Gasteiger partial charge in [0.05, 0.1) is 14.2 Å². The lowest BCUT2D eigenvalue weighted by Gasteiger charge is -2.46. The van der Waals surface area contributed by atoms with E-state index in [0.29, 0.717) is 37.5 Å². The molecule has 0 bridgehead atoms. The maximum Gasteiger partial charge on any atom is 0.507 e. The number of rotatable bonds is 5. The Bertz CT molecular complexity index is 746. The number of hydrogen-bond donors (Lipinski definition) is 0. The normalized spacial score (nSPS) is 33.2. The van der Waals surface area contributed by atoms with Crippen LogP contribution in [0.25, 0.3) is 0 Å². The highest BCUT2D eigenvalue weighted by Crippen LogP contribution is 2.50. The Morgan fingerprint density at radius 3 is 1.22 bits per heavy atom. The lowest BCUT2D eigenvalue weighted by molar-refractivity contribution is 0.0482. The predicted octanol–water partition coefficient (Wildman–Crippen LogP) is 2.99. The molecule has 0 saturated heterocycles. The Labute approximate surface area is 186 Å². The fraction of sp³-hybridized carbons (Fsp3) is 0.762. The summed E-state index contributed by atoms with van der Waals surface area (Å²) in [6.45, 7) is 4.14. The summed E-state index contributed by atoms with van der Waals surface area (Å²) in [5, 5.41) is 0. The average Bonchev–Trinajstić information content (AvgIpc) is 2.75. The van der Waals surface area contributed by atoms with Crippen LogP contribution < -0.4 is 0 Å². The minimum atomic E-state index is -1.04. The van der Waals surface area contributed by atoms with E-state index in [4.69, 9.17) is 0 Å². The van der Waals surface area contributed by atoms with E-state index in [1.54, 1.807) is 0 Å². The van der Waals surface area contributed by atoms with Crippen molar-refractivity contribution >= 4 is 30.5 Å². The molecule has 2 aliphatic rings. The highest BCUT2D eigenvalue weighted by atomic mass is 16.7. The van der Waals surface area contributed by atoms with Gasteiger partial charge in [-0.05, 0) is 62.2 Å². The van der Waals surface area contributed by atoms with E-state index in [2.05, 4.69) is 43.3 Å². The third-order valence-electron chi connectivity index (χ3n) is 6.41. The van der Waals surface area contributed by atoms with Crippen LogP contribution in [0.5, 0.6) is 0 Å². The van der Waals surface area contributed by atoms with Crippen LogP contribution in [0.15, 0.2) is 20.0 Å². The van der Waals surface area contributed by atoms with Gasteiger partial charge in [0.25, 0.3) is 0 Å². The van der Waals surface area contributed by atoms with Gasteiger partial charge >= 0.3 is 6.16 Å². The van der Waals surface area contributed by atoms with E-state index >= 15 is 0 Å². The molecule has 0 aromatic carbocycles. The second-order valence-corrected chi connectivity index (χ2v) is 8.20. The van der Waals surface area contributed by atoms with Gasteiger partial charge in [0.15, 0.2) is 11.3 Å². The fourth-order valence-corrected chi connectivity index (χ4v) is 5.05. The molecule has 32 heavy (non-hydrogen) atoms. The van der Waals surface area contributed by atoms with Gasteiger partial charge in [0.2, 0.25) is 24.3 Å². The first kappa shape index (κ1) is 26.8. The topological polar surface area (TPSA) is 153 Å². The summed E-state index contributed by atoms with van der Waals surface area (Å²) in [4.78, 5) is 67.7. The highest BCUT2D eigenvalue weighted by molar-refractivity contribution is 5.59. The number of nitrogens with zero attached hydrogens (tertiary/aromatic N) is 4. The van der Waals surface area contributed by atoms with Crippen LogP contribution in [0.4, 0.5) is 4.79 Å². The monoisotopic (exact) mass is 448 g/mol. The summed E-state index contributed by atoms with van der Waals surface area (Å²) in [5.41, 5.74) is -2.07. The third kappa shape index (κ3) is 6.91. The summed E-state index contributed by atoms with van der Waals surface area (Å²) in [6.07, 6.45) is 9.00. The first-order chi connectivity index (χ1) is 15.3. The Hall–Kier alpha value is -3.21. The minimum Gasteiger partial charge on any atom is -0.438 e. The van der Waals surface area contributed by atoms with Crippen LogP contribution in [0, 0.1) is 23.7 Å². The Kier molecular flexibility index (Phi) is 10.6. The van der Waals surface area contributed by atoms with Crippen molar-refractivity contribution in [3.63, 3.8) is 0 Å². The van der Waals surface area contributed by atoms with Gasteiger partial charge in [0, 0.05) is 0 Å². The summed E-state index contributed by atoms with van der Waals surface area (Å²) in [7, 11) is 2.51. The fourth-order valence-electron chi connectivity index (χ4n) is 5.05. The van der Waals surface area contributed by atoms with Crippen LogP contribution in [0.1, 0.15) is 52.4 Å². The van der Waals surface area contributed by atoms with E-state index in [1.165, 1.54) is 38.5 Å². The van der Waals surface area contributed by atoms with Gasteiger partial charge in [-0.1, -0.05) is 13.8 Å². The number of hydrogen-bond acceptors (Lipinski definition) is 11. The minimum absolute atomic E-state index is 0.196. The second kappa shape index (κ2) is 12.6. The van der Waals surface area contributed by atoms with Gasteiger partial charge in [-0.2, -0.15) is 20.0 Å². The molecule has 2 fully saturated rings. The number of carbonyl (C=O) groups is 1. The number of isocyanates is 4. The standard InChI is InChI=1S/C18H22N4O4.C3H6O3/c1-13-7-17(19-9-23,20-10-24)5-3-15(13)16-4-6-18(21-11-25,22-12-26)8-14(16)2;1-5-3(4)6-2/h13-16H,3-8H2,1-2H3;1-2H3. The molecule has 0 heterocycles. The van der Waals surface area contributed by atoms with Crippen LogP contribution in [-0.2, 0) is 28.7 Å². The highest BCUT2D eigenvalue weighted by Gasteiger charge is 2.47. The summed E-state index contributed by atoms with van der Waals surface area (Å²) < 4.78 is 8.08. The maximum absolute atomic E-state index is 10.7. The van der Waals surface area contributed by atoms with E-state index < -0.39 is 17.5 Å². The van der Waals surface area contributed by atoms with Gasteiger partial charge in [-0.25, -0.2) is 24.0 Å². The Morgan fingerprint density at radius 2 is 1.03 bits per heavy atom. The molecule has 2 aliphatic carbocycles. The van der Waals surface area contributed by atoms with Crippen LogP contribution >= 0.6 is 0 Å². The maximum atomic E-state index is 10.7. The molecule has 2 rings (SSSR count). The molecule has 174 valence electrons. The molecule has 0 amide bonds. The van der Waals surface area contributed by atoms with Crippen molar-refractivity contribution in [2.45, 2.75) is 63.7 Å². The van der Waals surface area contributed by atoms with E-state index in [0.717, 1.165) is 12.8 Å². The van der Waals surface area contributed by atoms with E-state index in [1.807, 2.05) is 0 Å². The van der Waals surface area contributed by atoms with Crippen molar-refractivity contribution in [3.8, 4) is 0 Å². The zero-order valence-corrected chi connectivity index (χ0v) is 18.7. The molecule has 0 radical (unpaired) electrons. The molecule has 4 unspecified atom stereocenters. The van der Waals surface area contributed by atoms with Crippen molar-refractivity contribution < 1.29 is 33.4 Å². The number of carbonyl (C=O) groups excluding carboxylic acids is 5. The first-order valence-electron chi connectivity index (χ1n) is 10.2. The molecule has 11 heteroatoms. The molecular formula is C21H28N4O7. The number of aliphatic imine (C=N–C) groups is 4. The first-order valence-corrected chi connectivity index (χ1v) is 10.2. The molecule has 4 atom stereocenters. The van der Waals surface area contributed by atoms with Gasteiger partial charge in [-0.3, -0.25) is 0 Å². The van der Waals surface area contributed by atoms with Crippen LogP contribution in [0.3, 0.4) is 0 Å². The molecule has 0 aromatic heterocycles.